The maximum Gasteiger partial charge on any atom is 0.270 e. The summed E-state index contributed by atoms with van der Waals surface area (Å²) in [4.78, 5) is 27.8. The van der Waals surface area contributed by atoms with E-state index in [2.05, 4.69) is 20.0 Å². The molecule has 0 bridgehead atoms. The van der Waals surface area contributed by atoms with Crippen molar-refractivity contribution in [3.8, 4) is 11.8 Å². The van der Waals surface area contributed by atoms with E-state index < -0.39 is 4.92 Å². The first-order chi connectivity index (χ1) is 18.5. The molecule has 38 heavy (non-hydrogen) atoms. The fourth-order valence-electron chi connectivity index (χ4n) is 4.26. The molecule has 2 aliphatic heterocycles. The number of nitrogen functional groups attached to an aromatic ring is 1. The van der Waals surface area contributed by atoms with Crippen LogP contribution in [0.5, 0.6) is 11.8 Å². The zero-order valence-electron chi connectivity index (χ0n) is 20.8. The molecule has 0 radical (unpaired) electrons. The van der Waals surface area contributed by atoms with Gasteiger partial charge in [0.05, 0.1) is 43.7 Å². The van der Waals surface area contributed by atoms with Gasteiger partial charge < -0.3 is 15.2 Å². The van der Waals surface area contributed by atoms with E-state index in [1.54, 1.807) is 44.8 Å². The van der Waals surface area contributed by atoms with Crippen LogP contribution >= 0.6 is 0 Å². The van der Waals surface area contributed by atoms with E-state index >= 15 is 0 Å². The highest BCUT2D eigenvalue weighted by molar-refractivity contribution is 6.16. The fourth-order valence-corrected chi connectivity index (χ4v) is 4.26. The van der Waals surface area contributed by atoms with Gasteiger partial charge in [-0.05, 0) is 41.5 Å². The summed E-state index contributed by atoms with van der Waals surface area (Å²) in [6.07, 6.45) is 3.43. The highest BCUT2D eigenvalue weighted by Gasteiger charge is 2.21. The zero-order valence-corrected chi connectivity index (χ0v) is 20.8. The summed E-state index contributed by atoms with van der Waals surface area (Å²) in [6.45, 7) is 1.24. The standard InChI is InChI=1S/C14H11N3O3.C14H13N3O/c1-20-13-5-3-10(8-15-13)14-12-6-11(17(18)19)4-2-9(12)7-16-14;1-18-13-5-3-10(8-16-13)14-12-6-11(15)4-2-9(12)7-17-14/h2-6,8H,7H2,1H3;2-6,8H,7,15H2,1H3. The number of aromatic nitrogens is 2. The Labute approximate surface area is 218 Å². The van der Waals surface area contributed by atoms with Gasteiger partial charge in [0.25, 0.3) is 5.69 Å². The van der Waals surface area contributed by atoms with Crippen molar-refractivity contribution in [2.24, 2.45) is 9.98 Å². The maximum atomic E-state index is 10.9. The van der Waals surface area contributed by atoms with Crippen LogP contribution in [0, 0.1) is 10.1 Å². The van der Waals surface area contributed by atoms with Crippen molar-refractivity contribution in [3.05, 3.63) is 117 Å². The minimum atomic E-state index is -0.400. The first-order valence-corrected chi connectivity index (χ1v) is 11.7. The molecule has 2 aromatic heterocycles. The minimum Gasteiger partial charge on any atom is -0.481 e. The molecule has 0 amide bonds. The van der Waals surface area contributed by atoms with Crippen molar-refractivity contribution in [3.63, 3.8) is 0 Å². The Kier molecular flexibility index (Phi) is 6.77. The number of non-ortho nitro benzene ring substituents is 1. The van der Waals surface area contributed by atoms with Gasteiger partial charge in [-0.15, -0.1) is 0 Å². The monoisotopic (exact) mass is 508 g/mol. The third kappa shape index (κ3) is 4.92. The van der Waals surface area contributed by atoms with Gasteiger partial charge in [-0.3, -0.25) is 20.1 Å². The lowest BCUT2D eigenvalue weighted by Gasteiger charge is -2.05. The molecule has 0 saturated carbocycles. The molecule has 2 aliphatic rings. The topological polar surface area (TPSA) is 138 Å². The number of ether oxygens (including phenoxy) is 2. The van der Waals surface area contributed by atoms with Crippen LogP contribution in [0.2, 0.25) is 0 Å². The van der Waals surface area contributed by atoms with E-state index in [0.717, 1.165) is 44.9 Å². The number of hydrogen-bond donors (Lipinski definition) is 1. The van der Waals surface area contributed by atoms with Crippen LogP contribution in [0.15, 0.2) is 83.0 Å². The molecule has 0 fully saturated rings. The van der Waals surface area contributed by atoms with Gasteiger partial charge in [-0.25, -0.2) is 9.97 Å². The summed E-state index contributed by atoms with van der Waals surface area (Å²) in [6, 6.07) is 18.1. The number of aliphatic imine (C=N–C) groups is 2. The molecular weight excluding hydrogens is 484 g/mol. The van der Waals surface area contributed by atoms with E-state index in [1.807, 2.05) is 36.4 Å². The molecule has 0 spiro atoms. The number of nitro groups is 1. The molecule has 190 valence electrons. The molecule has 6 rings (SSSR count). The summed E-state index contributed by atoms with van der Waals surface area (Å²) in [5.41, 5.74) is 14.2. The van der Waals surface area contributed by atoms with Crippen molar-refractivity contribution in [1.29, 1.82) is 0 Å². The molecule has 0 saturated heterocycles. The predicted octanol–water partition coefficient (Wildman–Crippen LogP) is 4.37. The second-order valence-corrected chi connectivity index (χ2v) is 8.52. The van der Waals surface area contributed by atoms with Crippen LogP contribution in [-0.4, -0.2) is 40.5 Å². The third-order valence-corrected chi connectivity index (χ3v) is 6.20. The second kappa shape index (κ2) is 10.5. The summed E-state index contributed by atoms with van der Waals surface area (Å²) in [7, 11) is 3.15. The zero-order chi connectivity index (χ0) is 26.6. The molecule has 2 aromatic carbocycles. The molecule has 2 N–H and O–H groups in total. The average Bonchev–Trinajstić information content (AvgIpc) is 3.57. The summed E-state index contributed by atoms with van der Waals surface area (Å²) in [5, 5.41) is 10.9. The lowest BCUT2D eigenvalue weighted by atomic mass is 10.0. The quantitative estimate of drug-likeness (QED) is 0.240. The smallest absolute Gasteiger partial charge is 0.270 e. The number of hydrogen-bond acceptors (Lipinski definition) is 9. The van der Waals surface area contributed by atoms with Gasteiger partial charge in [-0.1, -0.05) is 6.07 Å². The Balaban J connectivity index is 0.000000156. The van der Waals surface area contributed by atoms with Gasteiger partial charge >= 0.3 is 0 Å². The highest BCUT2D eigenvalue weighted by atomic mass is 16.6. The number of nitro benzene ring substituents is 1. The van der Waals surface area contributed by atoms with Gasteiger partial charge in [0.2, 0.25) is 11.8 Å². The number of rotatable bonds is 5. The Hall–Kier alpha value is -5.12. The first kappa shape index (κ1) is 24.6. The minimum absolute atomic E-state index is 0.0693. The van der Waals surface area contributed by atoms with E-state index in [0.29, 0.717) is 24.8 Å². The highest BCUT2D eigenvalue weighted by Crippen LogP contribution is 2.27. The second-order valence-electron chi connectivity index (χ2n) is 8.52. The van der Waals surface area contributed by atoms with Crippen LogP contribution < -0.4 is 15.2 Å². The van der Waals surface area contributed by atoms with Gasteiger partial charge in [-0.2, -0.15) is 0 Å². The fraction of sp³-hybridized carbons (Fsp3) is 0.143. The predicted molar refractivity (Wildman–Crippen MR) is 144 cm³/mol. The normalized spacial score (nSPS) is 12.9. The molecule has 0 aliphatic carbocycles. The van der Waals surface area contributed by atoms with E-state index in [-0.39, 0.29) is 5.69 Å². The van der Waals surface area contributed by atoms with Gasteiger partial charge in [0.1, 0.15) is 0 Å². The van der Waals surface area contributed by atoms with Crippen molar-refractivity contribution >= 4 is 22.8 Å². The molecule has 10 heteroatoms. The summed E-state index contributed by atoms with van der Waals surface area (Å²) < 4.78 is 10.1. The SMILES string of the molecule is COc1ccc(C2=NCc3ccc(N)cc32)cn1.COc1ccc(C2=NCc3ccc([N+](=O)[O-])cc32)cn1. The van der Waals surface area contributed by atoms with E-state index in [1.165, 1.54) is 11.6 Å². The van der Waals surface area contributed by atoms with Gasteiger partial charge in [0, 0.05) is 64.6 Å². The van der Waals surface area contributed by atoms with E-state index in [9.17, 15) is 10.1 Å². The van der Waals surface area contributed by atoms with Gasteiger partial charge in [0.15, 0.2) is 0 Å². The molecular formula is C28H24N6O4. The average molecular weight is 509 g/mol. The number of methoxy groups -OCH3 is 2. The number of pyridine rings is 2. The molecule has 4 aromatic rings. The number of benzene rings is 2. The van der Waals surface area contributed by atoms with Crippen LogP contribution in [0.4, 0.5) is 11.4 Å². The molecule has 0 unspecified atom stereocenters. The third-order valence-electron chi connectivity index (χ3n) is 6.20. The van der Waals surface area contributed by atoms with Crippen LogP contribution in [0.1, 0.15) is 33.4 Å². The Morgan fingerprint density at radius 2 is 1.29 bits per heavy atom. The van der Waals surface area contributed by atoms with Crippen LogP contribution in [0.25, 0.3) is 0 Å². The lowest BCUT2D eigenvalue weighted by molar-refractivity contribution is -0.384. The van der Waals surface area contributed by atoms with E-state index in [4.69, 9.17) is 15.2 Å². The Morgan fingerprint density at radius 3 is 1.76 bits per heavy atom. The van der Waals surface area contributed by atoms with Crippen LogP contribution in [-0.2, 0) is 13.1 Å². The van der Waals surface area contributed by atoms with Crippen molar-refractivity contribution in [2.45, 2.75) is 13.1 Å². The maximum absolute atomic E-state index is 10.9. The number of anilines is 1. The van der Waals surface area contributed by atoms with Crippen molar-refractivity contribution in [1.82, 2.24) is 9.97 Å². The lowest BCUT2D eigenvalue weighted by Crippen LogP contribution is -2.03. The van der Waals surface area contributed by atoms with Crippen molar-refractivity contribution in [2.75, 3.05) is 20.0 Å². The molecule has 4 heterocycles. The largest absolute Gasteiger partial charge is 0.481 e. The number of nitrogens with two attached hydrogens (primary N) is 1. The first-order valence-electron chi connectivity index (χ1n) is 11.7. The molecule has 0 atom stereocenters. The number of fused-ring (bicyclic) bond motifs is 2. The summed E-state index contributed by atoms with van der Waals surface area (Å²) in [5.74, 6) is 1.12. The Bertz CT molecular complexity index is 1560. The van der Waals surface area contributed by atoms with Crippen molar-refractivity contribution < 1.29 is 14.4 Å². The van der Waals surface area contributed by atoms with Crippen LogP contribution in [0.3, 0.4) is 0 Å². The molecule has 10 nitrogen and oxygen atoms in total. The Morgan fingerprint density at radius 1 is 0.763 bits per heavy atom. The summed E-state index contributed by atoms with van der Waals surface area (Å²) >= 11 is 0. The number of nitrogens with zero attached hydrogens (tertiary/aromatic N) is 5.